The monoisotopic (exact) mass is 403 g/mol. The molecule has 0 atom stereocenters. The summed E-state index contributed by atoms with van der Waals surface area (Å²) in [4.78, 5) is 13.8. The zero-order valence-corrected chi connectivity index (χ0v) is 16.1. The predicted molar refractivity (Wildman–Crippen MR) is 95.6 cm³/mol. The third kappa shape index (κ3) is 5.26. The van der Waals surface area contributed by atoms with Gasteiger partial charge in [-0.15, -0.1) is 0 Å². The highest BCUT2D eigenvalue weighted by atomic mass is 28.3. The molecule has 27 heavy (non-hydrogen) atoms. The topological polar surface area (TPSA) is 109 Å². The molecule has 0 radical (unpaired) electrons. The normalized spacial score (nSPS) is 12.4. The van der Waals surface area contributed by atoms with Crippen molar-refractivity contribution < 1.29 is 22.8 Å². The zero-order chi connectivity index (χ0) is 20.4. The number of halogens is 3. The van der Waals surface area contributed by atoms with Gasteiger partial charge in [-0.3, -0.25) is 10.1 Å². The molecule has 0 spiro atoms. The molecular formula is C15H20F3N5O3Si. The number of alkyl halides is 3. The molecule has 0 aliphatic carbocycles. The van der Waals surface area contributed by atoms with E-state index in [9.17, 15) is 23.3 Å². The Morgan fingerprint density at radius 1 is 1.33 bits per heavy atom. The minimum atomic E-state index is -4.71. The molecule has 2 heterocycles. The van der Waals surface area contributed by atoms with Crippen LogP contribution >= 0.6 is 0 Å². The van der Waals surface area contributed by atoms with Crippen molar-refractivity contribution >= 4 is 19.4 Å². The number of nitro groups is 1. The summed E-state index contributed by atoms with van der Waals surface area (Å²) in [5.74, 6) is 0. The molecule has 2 N–H and O–H groups in total. The van der Waals surface area contributed by atoms with Gasteiger partial charge in [0, 0.05) is 20.2 Å². The predicted octanol–water partition coefficient (Wildman–Crippen LogP) is 3.77. The molecule has 2 rings (SSSR count). The second-order valence-electron chi connectivity index (χ2n) is 7.14. The Balaban J connectivity index is 2.40. The van der Waals surface area contributed by atoms with Gasteiger partial charge in [-0.25, -0.2) is 9.67 Å². The summed E-state index contributed by atoms with van der Waals surface area (Å²) in [5, 5.41) is 15.2. The van der Waals surface area contributed by atoms with E-state index in [4.69, 9.17) is 10.5 Å². The summed E-state index contributed by atoms with van der Waals surface area (Å²) >= 11 is 0. The summed E-state index contributed by atoms with van der Waals surface area (Å²) in [7, 11) is -1.34. The molecule has 0 unspecified atom stereocenters. The third-order valence-corrected chi connectivity index (χ3v) is 5.41. The quantitative estimate of drug-likeness (QED) is 0.326. The van der Waals surface area contributed by atoms with Crippen molar-refractivity contribution in [3.63, 3.8) is 0 Å². The van der Waals surface area contributed by atoms with Gasteiger partial charge in [0.25, 0.3) is 0 Å². The number of hydrogen-bond acceptors (Lipinski definition) is 6. The fraction of sp³-hybridized carbons (Fsp3) is 0.467. The lowest BCUT2D eigenvalue weighted by Gasteiger charge is -2.16. The molecular weight excluding hydrogens is 383 g/mol. The van der Waals surface area contributed by atoms with Crippen LogP contribution < -0.4 is 5.73 Å². The van der Waals surface area contributed by atoms with E-state index < -0.39 is 30.6 Å². The molecule has 0 aliphatic heterocycles. The van der Waals surface area contributed by atoms with Crippen molar-refractivity contribution in [2.24, 2.45) is 0 Å². The van der Waals surface area contributed by atoms with E-state index in [0.717, 1.165) is 23.1 Å². The summed E-state index contributed by atoms with van der Waals surface area (Å²) in [6, 6.07) is 1.54. The summed E-state index contributed by atoms with van der Waals surface area (Å²) in [5.41, 5.74) is 3.63. The van der Waals surface area contributed by atoms with Crippen molar-refractivity contribution in [3.8, 4) is 11.3 Å². The van der Waals surface area contributed by atoms with Crippen molar-refractivity contribution in [1.29, 1.82) is 0 Å². The van der Waals surface area contributed by atoms with Crippen LogP contribution in [-0.4, -0.2) is 34.4 Å². The SMILES string of the molecule is C[Si](C)(C)CCOCn1ncc([N+](=O)[O-])c1-c1cc(C(F)(F)F)ncc1N. The van der Waals surface area contributed by atoms with Crippen LogP contribution in [0.5, 0.6) is 0 Å². The lowest BCUT2D eigenvalue weighted by molar-refractivity contribution is -0.384. The van der Waals surface area contributed by atoms with E-state index in [0.29, 0.717) is 12.7 Å². The van der Waals surface area contributed by atoms with Gasteiger partial charge in [0.1, 0.15) is 18.6 Å². The van der Waals surface area contributed by atoms with Crippen LogP contribution in [0.1, 0.15) is 5.69 Å². The number of rotatable bonds is 7. The Morgan fingerprint density at radius 2 is 2.00 bits per heavy atom. The average molecular weight is 403 g/mol. The Kier molecular flexibility index (Phi) is 5.90. The molecule has 0 amide bonds. The van der Waals surface area contributed by atoms with Crippen LogP contribution in [0.25, 0.3) is 11.3 Å². The first-order valence-corrected chi connectivity index (χ1v) is 11.7. The van der Waals surface area contributed by atoms with E-state index >= 15 is 0 Å². The standard InChI is InChI=1S/C15H20F3N5O3Si/c1-27(2,3)5-4-26-9-22-14(12(8-21-22)23(24)25)10-6-13(15(16,17)18)20-7-11(10)19/h6-8H,4-5,9,19H2,1-3H3. The van der Waals surface area contributed by atoms with Gasteiger partial charge >= 0.3 is 11.9 Å². The Bertz CT molecular complexity index is 833. The van der Waals surface area contributed by atoms with Crippen molar-refractivity contribution in [2.45, 2.75) is 38.6 Å². The molecule has 2 aromatic rings. The molecule has 2 aromatic heterocycles. The minimum Gasteiger partial charge on any atom is -0.397 e. The van der Waals surface area contributed by atoms with Crippen LogP contribution in [0.2, 0.25) is 25.7 Å². The molecule has 0 saturated heterocycles. The van der Waals surface area contributed by atoms with Gasteiger partial charge in [-0.05, 0) is 12.1 Å². The van der Waals surface area contributed by atoms with Crippen LogP contribution in [0, 0.1) is 10.1 Å². The molecule has 0 bridgehead atoms. The lowest BCUT2D eigenvalue weighted by Crippen LogP contribution is -2.22. The first kappa shape index (κ1) is 20.8. The number of ether oxygens (including phenoxy) is 1. The molecule has 0 aliphatic rings. The number of hydrogen-bond donors (Lipinski definition) is 1. The van der Waals surface area contributed by atoms with Crippen molar-refractivity contribution in [2.75, 3.05) is 12.3 Å². The van der Waals surface area contributed by atoms with E-state index in [1.807, 2.05) is 0 Å². The van der Waals surface area contributed by atoms with Gasteiger partial charge in [0.15, 0.2) is 5.69 Å². The number of nitrogens with two attached hydrogens (primary N) is 1. The second-order valence-corrected chi connectivity index (χ2v) is 12.8. The van der Waals surface area contributed by atoms with Crippen LogP contribution in [0.15, 0.2) is 18.5 Å². The summed E-state index contributed by atoms with van der Waals surface area (Å²) in [6.45, 7) is 6.77. The Morgan fingerprint density at radius 3 is 2.56 bits per heavy atom. The Labute approximate surface area is 154 Å². The average Bonchev–Trinajstić information content (AvgIpc) is 2.94. The molecule has 0 saturated carbocycles. The number of anilines is 1. The van der Waals surface area contributed by atoms with Crippen LogP contribution in [0.4, 0.5) is 24.5 Å². The molecule has 8 nitrogen and oxygen atoms in total. The summed E-state index contributed by atoms with van der Waals surface area (Å²) < 4.78 is 45.6. The van der Waals surface area contributed by atoms with Crippen LogP contribution in [-0.2, 0) is 17.6 Å². The van der Waals surface area contributed by atoms with Gasteiger partial charge in [-0.1, -0.05) is 19.6 Å². The Hall–Kier alpha value is -2.47. The highest BCUT2D eigenvalue weighted by Crippen LogP contribution is 2.37. The highest BCUT2D eigenvalue weighted by Gasteiger charge is 2.34. The van der Waals surface area contributed by atoms with E-state index in [2.05, 4.69) is 29.7 Å². The molecule has 148 valence electrons. The number of nitrogens with zero attached hydrogens (tertiary/aromatic N) is 4. The number of aromatic nitrogens is 3. The second kappa shape index (κ2) is 7.64. The largest absolute Gasteiger partial charge is 0.433 e. The van der Waals surface area contributed by atoms with Crippen molar-refractivity contribution in [1.82, 2.24) is 14.8 Å². The van der Waals surface area contributed by atoms with Gasteiger partial charge < -0.3 is 10.5 Å². The minimum absolute atomic E-state index is 0.130. The summed E-state index contributed by atoms with van der Waals surface area (Å²) in [6.07, 6.45) is -2.93. The van der Waals surface area contributed by atoms with E-state index in [-0.39, 0.29) is 23.7 Å². The first-order chi connectivity index (χ1) is 12.4. The maximum atomic E-state index is 13.0. The van der Waals surface area contributed by atoms with E-state index in [1.54, 1.807) is 0 Å². The highest BCUT2D eigenvalue weighted by molar-refractivity contribution is 6.76. The van der Waals surface area contributed by atoms with Gasteiger partial charge in [0.2, 0.25) is 0 Å². The maximum Gasteiger partial charge on any atom is 0.433 e. The first-order valence-electron chi connectivity index (χ1n) is 8.01. The third-order valence-electron chi connectivity index (χ3n) is 3.71. The fourth-order valence-electron chi connectivity index (χ4n) is 2.24. The molecule has 12 heteroatoms. The number of pyridine rings is 1. The number of nitrogen functional groups attached to an aromatic ring is 1. The van der Waals surface area contributed by atoms with Gasteiger partial charge in [0.05, 0.1) is 16.8 Å². The maximum absolute atomic E-state index is 13.0. The smallest absolute Gasteiger partial charge is 0.397 e. The van der Waals surface area contributed by atoms with Gasteiger partial charge in [-0.2, -0.15) is 18.3 Å². The zero-order valence-electron chi connectivity index (χ0n) is 15.1. The fourth-order valence-corrected chi connectivity index (χ4v) is 3.00. The molecule has 0 aromatic carbocycles. The van der Waals surface area contributed by atoms with Crippen LogP contribution in [0.3, 0.4) is 0 Å². The van der Waals surface area contributed by atoms with E-state index in [1.165, 1.54) is 0 Å². The lowest BCUT2D eigenvalue weighted by atomic mass is 10.1. The van der Waals surface area contributed by atoms with Crippen molar-refractivity contribution in [3.05, 3.63) is 34.3 Å². The molecule has 0 fully saturated rings.